The minimum atomic E-state index is -1.02. The normalized spacial score (nSPS) is 12.7. The highest BCUT2D eigenvalue weighted by molar-refractivity contribution is 7.99. The quantitative estimate of drug-likeness (QED) is 0.391. The number of hydrogen-bond donors (Lipinski definition) is 2. The van der Waals surface area contributed by atoms with E-state index in [-0.39, 0.29) is 18.1 Å². The van der Waals surface area contributed by atoms with Gasteiger partial charge in [-0.15, -0.1) is 0 Å². The number of rotatable bonds is 10. The molecule has 0 saturated heterocycles. The molecule has 2 atom stereocenters. The van der Waals surface area contributed by atoms with Gasteiger partial charge in [-0.05, 0) is 26.3 Å². The van der Waals surface area contributed by atoms with Crippen LogP contribution in [0, 0.1) is 0 Å². The molecule has 2 amide bonds. The highest BCUT2D eigenvalue weighted by Crippen LogP contribution is 2.11. The maximum Gasteiger partial charge on any atom is 0.408 e. The number of nitrogens with one attached hydrogen (secondary N) is 2. The number of hydrogen-bond acceptors (Lipinski definition) is 9. The Morgan fingerprint density at radius 3 is 1.84 bits per heavy atom. The van der Waals surface area contributed by atoms with E-state index in [2.05, 4.69) is 10.6 Å². The van der Waals surface area contributed by atoms with Crippen molar-refractivity contribution < 1.29 is 38.1 Å². The minimum Gasteiger partial charge on any atom is -0.467 e. The zero-order valence-corrected chi connectivity index (χ0v) is 19.7. The van der Waals surface area contributed by atoms with Gasteiger partial charge in [0.25, 0.3) is 0 Å². The van der Waals surface area contributed by atoms with E-state index in [1.54, 1.807) is 32.9 Å². The third-order valence-corrected chi connectivity index (χ3v) is 4.87. The molecule has 0 aliphatic heterocycles. The van der Waals surface area contributed by atoms with Crippen LogP contribution in [-0.2, 0) is 35.1 Å². The molecule has 0 aliphatic rings. The summed E-state index contributed by atoms with van der Waals surface area (Å²) in [4.78, 5) is 48.1. The van der Waals surface area contributed by atoms with Crippen LogP contribution < -0.4 is 10.6 Å². The monoisotopic (exact) mass is 470 g/mol. The lowest BCUT2D eigenvalue weighted by molar-refractivity contribution is -0.143. The van der Waals surface area contributed by atoms with Gasteiger partial charge in [-0.1, -0.05) is 30.3 Å². The Bertz CT molecular complexity index is 767. The number of alkyl carbamates (subject to hydrolysis) is 2. The fraction of sp³-hybridized carbons (Fsp3) is 0.524. The first-order valence-corrected chi connectivity index (χ1v) is 10.9. The van der Waals surface area contributed by atoms with Gasteiger partial charge in [0.2, 0.25) is 0 Å². The van der Waals surface area contributed by atoms with Gasteiger partial charge in [0.1, 0.15) is 24.3 Å². The topological polar surface area (TPSA) is 129 Å². The van der Waals surface area contributed by atoms with Crippen LogP contribution >= 0.6 is 11.8 Å². The molecule has 0 unspecified atom stereocenters. The molecule has 0 aliphatic carbocycles. The Morgan fingerprint density at radius 2 is 1.38 bits per heavy atom. The summed E-state index contributed by atoms with van der Waals surface area (Å²) in [5, 5.41) is 4.88. The van der Waals surface area contributed by atoms with E-state index in [1.807, 2.05) is 18.2 Å². The van der Waals surface area contributed by atoms with Gasteiger partial charge < -0.3 is 29.6 Å². The zero-order valence-electron chi connectivity index (χ0n) is 18.8. The second-order valence-corrected chi connectivity index (χ2v) is 8.62. The second kappa shape index (κ2) is 13.5. The van der Waals surface area contributed by atoms with Gasteiger partial charge in [-0.2, -0.15) is 11.8 Å². The maximum absolute atomic E-state index is 12.1. The molecule has 0 fully saturated rings. The van der Waals surface area contributed by atoms with E-state index in [0.717, 1.165) is 17.3 Å². The number of esters is 2. The molecule has 0 spiro atoms. The van der Waals surface area contributed by atoms with Gasteiger partial charge in [0.05, 0.1) is 14.2 Å². The lowest BCUT2D eigenvalue weighted by Crippen LogP contribution is -2.46. The molecule has 10 nitrogen and oxygen atoms in total. The van der Waals surface area contributed by atoms with Crippen molar-refractivity contribution >= 4 is 35.9 Å². The summed E-state index contributed by atoms with van der Waals surface area (Å²) in [5.74, 6) is -1.21. The Morgan fingerprint density at radius 1 is 0.875 bits per heavy atom. The summed E-state index contributed by atoms with van der Waals surface area (Å²) in [6.07, 6.45) is -1.57. The van der Waals surface area contributed by atoms with Crippen molar-refractivity contribution in [2.24, 2.45) is 0 Å². The van der Waals surface area contributed by atoms with E-state index in [1.165, 1.54) is 14.2 Å². The molecule has 0 bridgehead atoms. The van der Waals surface area contributed by atoms with Crippen LogP contribution in [0.1, 0.15) is 26.3 Å². The van der Waals surface area contributed by atoms with Crippen LogP contribution in [0.5, 0.6) is 0 Å². The predicted molar refractivity (Wildman–Crippen MR) is 118 cm³/mol. The van der Waals surface area contributed by atoms with Crippen molar-refractivity contribution in [1.82, 2.24) is 10.6 Å². The van der Waals surface area contributed by atoms with Crippen LogP contribution in [0.2, 0.25) is 0 Å². The third-order valence-electron chi connectivity index (χ3n) is 3.74. The van der Waals surface area contributed by atoms with Crippen LogP contribution in [0.4, 0.5) is 9.59 Å². The second-order valence-electron chi connectivity index (χ2n) is 7.54. The minimum absolute atomic E-state index is 0.0396. The van der Waals surface area contributed by atoms with Crippen molar-refractivity contribution in [3.63, 3.8) is 0 Å². The first kappa shape index (κ1) is 27.1. The number of methoxy groups -OCH3 is 2. The number of carbonyl (C=O) groups is 4. The van der Waals surface area contributed by atoms with Gasteiger partial charge in [0, 0.05) is 11.5 Å². The molecular weight excluding hydrogens is 440 g/mol. The molecule has 0 saturated carbocycles. The first-order chi connectivity index (χ1) is 15.1. The first-order valence-electron chi connectivity index (χ1n) is 9.76. The SMILES string of the molecule is COC(=O)[C@H](CSC[C@H](NC(=O)OC(C)(C)C)C(=O)OC)NC(=O)OCc1ccccc1. The summed E-state index contributed by atoms with van der Waals surface area (Å²) >= 11 is 1.13. The number of thioether (sulfide) groups is 1. The summed E-state index contributed by atoms with van der Waals surface area (Å²) < 4.78 is 19.7. The predicted octanol–water partition coefficient (Wildman–Crippen LogP) is 2.25. The standard InChI is InChI=1S/C21H30N2O8S/c1-21(2,3)31-20(27)23-16(18(25)29-5)13-32-12-15(17(24)28-4)22-19(26)30-11-14-9-7-6-8-10-14/h6-10,15-16H,11-13H2,1-5H3,(H,22,26)(H,23,27)/t15-,16-/m0/s1. The number of ether oxygens (including phenoxy) is 4. The maximum atomic E-state index is 12.1. The molecule has 1 aromatic carbocycles. The molecule has 11 heteroatoms. The summed E-state index contributed by atoms with van der Waals surface area (Å²) in [7, 11) is 2.39. The Balaban J connectivity index is 2.61. The van der Waals surface area contributed by atoms with Crippen LogP contribution in [0.15, 0.2) is 30.3 Å². The molecule has 0 aromatic heterocycles. The average Bonchev–Trinajstić information content (AvgIpc) is 2.74. The van der Waals surface area contributed by atoms with Gasteiger partial charge in [0.15, 0.2) is 0 Å². The van der Waals surface area contributed by atoms with Crippen LogP contribution in [0.3, 0.4) is 0 Å². The smallest absolute Gasteiger partial charge is 0.408 e. The number of carbonyl (C=O) groups excluding carboxylic acids is 4. The van der Waals surface area contributed by atoms with E-state index in [9.17, 15) is 19.2 Å². The molecular formula is C21H30N2O8S. The van der Waals surface area contributed by atoms with Gasteiger partial charge in [-0.3, -0.25) is 0 Å². The lowest BCUT2D eigenvalue weighted by atomic mass is 10.2. The highest BCUT2D eigenvalue weighted by atomic mass is 32.2. The Kier molecular flexibility index (Phi) is 11.4. The molecule has 178 valence electrons. The van der Waals surface area contributed by atoms with Crippen molar-refractivity contribution in [2.45, 2.75) is 45.1 Å². The molecule has 1 aromatic rings. The average molecular weight is 471 g/mol. The van der Waals surface area contributed by atoms with E-state index < -0.39 is 41.8 Å². The Labute approximate surface area is 191 Å². The number of amides is 2. The zero-order chi connectivity index (χ0) is 24.1. The fourth-order valence-corrected chi connectivity index (χ4v) is 3.33. The van der Waals surface area contributed by atoms with E-state index in [4.69, 9.17) is 18.9 Å². The van der Waals surface area contributed by atoms with E-state index in [0.29, 0.717) is 0 Å². The molecule has 32 heavy (non-hydrogen) atoms. The summed E-state index contributed by atoms with van der Waals surface area (Å²) in [5.41, 5.74) is 0.0542. The molecule has 0 heterocycles. The molecule has 2 N–H and O–H groups in total. The highest BCUT2D eigenvalue weighted by Gasteiger charge is 2.27. The van der Waals surface area contributed by atoms with Crippen LogP contribution in [-0.4, -0.2) is 67.5 Å². The van der Waals surface area contributed by atoms with Crippen molar-refractivity contribution in [2.75, 3.05) is 25.7 Å². The van der Waals surface area contributed by atoms with Crippen molar-refractivity contribution in [3.8, 4) is 0 Å². The fourth-order valence-electron chi connectivity index (χ4n) is 2.28. The van der Waals surface area contributed by atoms with Gasteiger partial charge >= 0.3 is 24.1 Å². The van der Waals surface area contributed by atoms with Crippen molar-refractivity contribution in [1.29, 1.82) is 0 Å². The van der Waals surface area contributed by atoms with Gasteiger partial charge in [-0.25, -0.2) is 19.2 Å². The van der Waals surface area contributed by atoms with Crippen LogP contribution in [0.25, 0.3) is 0 Å². The summed E-state index contributed by atoms with van der Waals surface area (Å²) in [6.45, 7) is 5.12. The lowest BCUT2D eigenvalue weighted by Gasteiger charge is -2.23. The molecule has 0 radical (unpaired) electrons. The largest absolute Gasteiger partial charge is 0.467 e. The van der Waals surface area contributed by atoms with Crippen molar-refractivity contribution in [3.05, 3.63) is 35.9 Å². The van der Waals surface area contributed by atoms with E-state index >= 15 is 0 Å². The number of benzene rings is 1. The summed E-state index contributed by atoms with van der Waals surface area (Å²) in [6, 6.07) is 7.03. The Hall–Kier alpha value is -2.95. The molecule has 1 rings (SSSR count). The third kappa shape index (κ3) is 10.9.